The molecular formula is C12H22Cl2. The Morgan fingerprint density at radius 2 is 1.21 bits per heavy atom. The van der Waals surface area contributed by atoms with Crippen molar-refractivity contribution in [1.82, 2.24) is 0 Å². The van der Waals surface area contributed by atoms with Gasteiger partial charge in [-0.15, -0.1) is 23.2 Å². The van der Waals surface area contributed by atoms with Crippen LogP contribution in [0.3, 0.4) is 0 Å². The molecule has 0 aliphatic carbocycles. The van der Waals surface area contributed by atoms with Gasteiger partial charge in [-0.1, -0.05) is 51.7 Å². The normalized spacial score (nSPS) is 16.0. The Morgan fingerprint density at radius 3 is 1.50 bits per heavy atom. The fourth-order valence-corrected chi connectivity index (χ4v) is 1.71. The van der Waals surface area contributed by atoms with Crippen LogP contribution in [-0.2, 0) is 0 Å². The summed E-state index contributed by atoms with van der Waals surface area (Å²) in [6.45, 7) is 4.36. The van der Waals surface area contributed by atoms with E-state index in [1.165, 1.54) is 25.7 Å². The van der Waals surface area contributed by atoms with Crippen molar-refractivity contribution in [3.05, 3.63) is 12.2 Å². The number of halogens is 2. The van der Waals surface area contributed by atoms with Crippen molar-refractivity contribution in [2.45, 2.75) is 63.1 Å². The van der Waals surface area contributed by atoms with Gasteiger partial charge >= 0.3 is 0 Å². The van der Waals surface area contributed by atoms with Crippen molar-refractivity contribution in [2.75, 3.05) is 0 Å². The first kappa shape index (κ1) is 14.3. The van der Waals surface area contributed by atoms with Gasteiger partial charge in [0.2, 0.25) is 0 Å². The summed E-state index contributed by atoms with van der Waals surface area (Å²) in [6.07, 6.45) is 11.0. The summed E-state index contributed by atoms with van der Waals surface area (Å²) in [7, 11) is 0. The molecular weight excluding hydrogens is 215 g/mol. The van der Waals surface area contributed by atoms with Crippen LogP contribution in [0.4, 0.5) is 0 Å². The molecule has 0 saturated heterocycles. The monoisotopic (exact) mass is 236 g/mol. The molecule has 0 N–H and O–H groups in total. The van der Waals surface area contributed by atoms with Gasteiger partial charge in [-0.25, -0.2) is 0 Å². The molecule has 0 aromatic rings. The summed E-state index contributed by atoms with van der Waals surface area (Å²) >= 11 is 12.2. The van der Waals surface area contributed by atoms with Gasteiger partial charge in [-0.3, -0.25) is 0 Å². The third-order valence-electron chi connectivity index (χ3n) is 2.20. The van der Waals surface area contributed by atoms with Crippen LogP contribution in [-0.4, -0.2) is 10.8 Å². The lowest BCUT2D eigenvalue weighted by molar-refractivity contribution is 0.720. The highest BCUT2D eigenvalue weighted by Crippen LogP contribution is 2.13. The number of alkyl halides is 2. The van der Waals surface area contributed by atoms with E-state index in [4.69, 9.17) is 23.2 Å². The van der Waals surface area contributed by atoms with Gasteiger partial charge in [0.15, 0.2) is 0 Å². The zero-order chi connectivity index (χ0) is 10.8. The number of rotatable bonds is 8. The minimum atomic E-state index is 0.165. The molecule has 0 aliphatic rings. The summed E-state index contributed by atoms with van der Waals surface area (Å²) in [4.78, 5) is 0. The first-order valence-corrected chi connectivity index (χ1v) is 6.54. The number of unbranched alkanes of at least 4 members (excludes halogenated alkanes) is 2. The molecule has 0 heterocycles. The zero-order valence-corrected chi connectivity index (χ0v) is 10.8. The molecule has 0 saturated carbocycles. The summed E-state index contributed by atoms with van der Waals surface area (Å²) in [5.74, 6) is 0. The van der Waals surface area contributed by atoms with E-state index in [-0.39, 0.29) is 10.8 Å². The van der Waals surface area contributed by atoms with Crippen molar-refractivity contribution in [1.29, 1.82) is 0 Å². The molecule has 0 spiro atoms. The first-order chi connectivity index (χ1) is 6.70. The maximum absolute atomic E-state index is 6.09. The molecule has 0 rings (SSSR count). The van der Waals surface area contributed by atoms with Gasteiger partial charge in [-0.05, 0) is 12.8 Å². The summed E-state index contributed by atoms with van der Waals surface area (Å²) in [5.41, 5.74) is 0. The zero-order valence-electron chi connectivity index (χ0n) is 9.31. The maximum Gasteiger partial charge on any atom is 0.0516 e. The summed E-state index contributed by atoms with van der Waals surface area (Å²) < 4.78 is 0. The molecule has 0 fully saturated rings. The average molecular weight is 237 g/mol. The lowest BCUT2D eigenvalue weighted by Crippen LogP contribution is -1.97. The molecule has 2 unspecified atom stereocenters. The Hall–Kier alpha value is 0.320. The lowest BCUT2D eigenvalue weighted by Gasteiger charge is -2.05. The minimum absolute atomic E-state index is 0.165. The Bertz CT molecular complexity index is 127. The van der Waals surface area contributed by atoms with Gasteiger partial charge < -0.3 is 0 Å². The number of hydrogen-bond donors (Lipinski definition) is 0. The van der Waals surface area contributed by atoms with E-state index in [9.17, 15) is 0 Å². The molecule has 0 bridgehead atoms. The molecule has 2 heteroatoms. The van der Waals surface area contributed by atoms with Crippen molar-refractivity contribution in [2.24, 2.45) is 0 Å². The van der Waals surface area contributed by atoms with Crippen LogP contribution in [0, 0.1) is 0 Å². The maximum atomic E-state index is 6.09. The molecule has 84 valence electrons. The second kappa shape index (κ2) is 9.86. The Labute approximate surface area is 98.7 Å². The predicted octanol–water partition coefficient (Wildman–Crippen LogP) is 5.14. The van der Waals surface area contributed by atoms with Crippen LogP contribution in [0.25, 0.3) is 0 Å². The molecule has 0 aliphatic heterocycles. The van der Waals surface area contributed by atoms with Crippen LogP contribution in [0.5, 0.6) is 0 Å². The van der Waals surface area contributed by atoms with Crippen molar-refractivity contribution in [3.63, 3.8) is 0 Å². The highest BCUT2D eigenvalue weighted by Gasteiger charge is 2.01. The Morgan fingerprint density at radius 1 is 0.857 bits per heavy atom. The highest BCUT2D eigenvalue weighted by molar-refractivity contribution is 6.23. The smallest absolute Gasteiger partial charge is 0.0516 e. The SMILES string of the molecule is CCCCC(Cl)/C=C/C(Cl)CCCC. The molecule has 0 radical (unpaired) electrons. The molecule has 0 nitrogen and oxygen atoms in total. The second-order valence-electron chi connectivity index (χ2n) is 3.70. The standard InChI is InChI=1S/C12H22Cl2/c1-3-5-7-11(13)9-10-12(14)8-6-4-2/h9-12H,3-8H2,1-2H3/b10-9+. The quantitative estimate of drug-likeness (QED) is 0.405. The van der Waals surface area contributed by atoms with Gasteiger partial charge in [0, 0.05) is 0 Å². The molecule has 0 aromatic heterocycles. The topological polar surface area (TPSA) is 0 Å². The van der Waals surface area contributed by atoms with Gasteiger partial charge in [0.05, 0.1) is 10.8 Å². The van der Waals surface area contributed by atoms with Crippen molar-refractivity contribution >= 4 is 23.2 Å². The van der Waals surface area contributed by atoms with Crippen LogP contribution in [0.1, 0.15) is 52.4 Å². The van der Waals surface area contributed by atoms with Gasteiger partial charge in [-0.2, -0.15) is 0 Å². The molecule has 14 heavy (non-hydrogen) atoms. The van der Waals surface area contributed by atoms with E-state index in [1.54, 1.807) is 0 Å². The summed E-state index contributed by atoms with van der Waals surface area (Å²) in [6, 6.07) is 0. The fourth-order valence-electron chi connectivity index (χ4n) is 1.23. The van der Waals surface area contributed by atoms with E-state index in [2.05, 4.69) is 13.8 Å². The molecule has 0 aromatic carbocycles. The Kier molecular flexibility index (Phi) is 10.1. The van der Waals surface area contributed by atoms with Crippen LogP contribution >= 0.6 is 23.2 Å². The van der Waals surface area contributed by atoms with Crippen LogP contribution in [0.15, 0.2) is 12.2 Å². The fraction of sp³-hybridized carbons (Fsp3) is 0.833. The van der Waals surface area contributed by atoms with E-state index < -0.39 is 0 Å². The van der Waals surface area contributed by atoms with E-state index in [1.807, 2.05) is 12.2 Å². The van der Waals surface area contributed by atoms with Crippen LogP contribution < -0.4 is 0 Å². The minimum Gasteiger partial charge on any atom is -0.118 e. The number of allylic oxidation sites excluding steroid dienone is 2. The predicted molar refractivity (Wildman–Crippen MR) is 67.5 cm³/mol. The van der Waals surface area contributed by atoms with Crippen LogP contribution in [0.2, 0.25) is 0 Å². The highest BCUT2D eigenvalue weighted by atomic mass is 35.5. The summed E-state index contributed by atoms with van der Waals surface area (Å²) in [5, 5.41) is 0.329. The third kappa shape index (κ3) is 8.90. The van der Waals surface area contributed by atoms with E-state index in [0.717, 1.165) is 12.8 Å². The number of hydrogen-bond acceptors (Lipinski definition) is 0. The largest absolute Gasteiger partial charge is 0.118 e. The lowest BCUT2D eigenvalue weighted by atomic mass is 10.1. The van der Waals surface area contributed by atoms with Crippen molar-refractivity contribution in [3.8, 4) is 0 Å². The first-order valence-electron chi connectivity index (χ1n) is 5.67. The van der Waals surface area contributed by atoms with Crippen molar-refractivity contribution < 1.29 is 0 Å². The Balaban J connectivity index is 3.56. The molecule has 0 amide bonds. The van der Waals surface area contributed by atoms with E-state index >= 15 is 0 Å². The molecule has 2 atom stereocenters. The second-order valence-corrected chi connectivity index (χ2v) is 4.82. The third-order valence-corrected chi connectivity index (χ3v) is 2.92. The average Bonchev–Trinajstić information content (AvgIpc) is 2.20. The van der Waals surface area contributed by atoms with Gasteiger partial charge in [0.25, 0.3) is 0 Å². The van der Waals surface area contributed by atoms with Gasteiger partial charge in [0.1, 0.15) is 0 Å². The van der Waals surface area contributed by atoms with E-state index in [0.29, 0.717) is 0 Å².